The van der Waals surface area contributed by atoms with E-state index in [0.29, 0.717) is 17.1 Å². The van der Waals surface area contributed by atoms with Crippen LogP contribution in [0.3, 0.4) is 0 Å². The molecule has 0 aromatic heterocycles. The molecule has 158 valence electrons. The molecular formula is C23H21ClF3NO2. The SMILES string of the molecule is COc1cccc(C(C)NCc2ccc(Cl)c(-c3ccc(OC(F)(F)F)cc3)c2)c1. The van der Waals surface area contributed by atoms with Crippen LogP contribution >= 0.6 is 11.6 Å². The number of hydrogen-bond acceptors (Lipinski definition) is 3. The van der Waals surface area contributed by atoms with Gasteiger partial charge < -0.3 is 14.8 Å². The number of rotatable bonds is 7. The molecule has 0 aliphatic rings. The number of halogens is 4. The summed E-state index contributed by atoms with van der Waals surface area (Å²) >= 11 is 6.32. The van der Waals surface area contributed by atoms with Gasteiger partial charge in [0.15, 0.2) is 0 Å². The third kappa shape index (κ3) is 5.90. The summed E-state index contributed by atoms with van der Waals surface area (Å²) in [6, 6.07) is 19.2. The van der Waals surface area contributed by atoms with Crippen LogP contribution < -0.4 is 14.8 Å². The predicted molar refractivity (Wildman–Crippen MR) is 112 cm³/mol. The van der Waals surface area contributed by atoms with E-state index in [2.05, 4.69) is 17.0 Å². The second-order valence-corrected chi connectivity index (χ2v) is 7.17. The van der Waals surface area contributed by atoms with Gasteiger partial charge in [0.2, 0.25) is 0 Å². The predicted octanol–water partition coefficient (Wildman–Crippen LogP) is 6.77. The van der Waals surface area contributed by atoms with E-state index in [0.717, 1.165) is 22.4 Å². The maximum Gasteiger partial charge on any atom is 0.573 e. The molecule has 0 heterocycles. The Morgan fingerprint density at radius 2 is 1.70 bits per heavy atom. The highest BCUT2D eigenvalue weighted by molar-refractivity contribution is 6.33. The van der Waals surface area contributed by atoms with Crippen molar-refractivity contribution < 1.29 is 22.6 Å². The van der Waals surface area contributed by atoms with Crippen molar-refractivity contribution in [3.05, 3.63) is 82.9 Å². The first-order valence-electron chi connectivity index (χ1n) is 9.27. The minimum Gasteiger partial charge on any atom is -0.497 e. The summed E-state index contributed by atoms with van der Waals surface area (Å²) in [5.41, 5.74) is 3.55. The maximum atomic E-state index is 12.3. The lowest BCUT2D eigenvalue weighted by molar-refractivity contribution is -0.274. The van der Waals surface area contributed by atoms with Gasteiger partial charge in [-0.3, -0.25) is 0 Å². The molecule has 0 saturated carbocycles. The first-order valence-corrected chi connectivity index (χ1v) is 9.65. The molecule has 7 heteroatoms. The minimum atomic E-state index is -4.72. The fourth-order valence-corrected chi connectivity index (χ4v) is 3.27. The van der Waals surface area contributed by atoms with Crippen LogP contribution in [0.4, 0.5) is 13.2 Å². The first kappa shape index (κ1) is 22.0. The van der Waals surface area contributed by atoms with Crippen LogP contribution in [0.5, 0.6) is 11.5 Å². The van der Waals surface area contributed by atoms with Gasteiger partial charge in [0.1, 0.15) is 11.5 Å². The van der Waals surface area contributed by atoms with Gasteiger partial charge in [-0.15, -0.1) is 13.2 Å². The van der Waals surface area contributed by atoms with E-state index < -0.39 is 6.36 Å². The molecule has 0 aliphatic heterocycles. The first-order chi connectivity index (χ1) is 14.2. The van der Waals surface area contributed by atoms with Gasteiger partial charge >= 0.3 is 6.36 Å². The second kappa shape index (κ2) is 9.41. The van der Waals surface area contributed by atoms with Crippen LogP contribution in [-0.4, -0.2) is 13.5 Å². The lowest BCUT2D eigenvalue weighted by Gasteiger charge is -2.16. The fraction of sp³-hybridized carbons (Fsp3) is 0.217. The average molecular weight is 436 g/mol. The largest absolute Gasteiger partial charge is 0.573 e. The van der Waals surface area contributed by atoms with Crippen LogP contribution in [-0.2, 0) is 6.54 Å². The van der Waals surface area contributed by atoms with E-state index in [-0.39, 0.29) is 11.8 Å². The molecule has 3 rings (SSSR count). The van der Waals surface area contributed by atoms with Crippen molar-refractivity contribution in [3.8, 4) is 22.6 Å². The zero-order valence-corrected chi connectivity index (χ0v) is 17.2. The van der Waals surface area contributed by atoms with Crippen LogP contribution in [0.15, 0.2) is 66.7 Å². The number of nitrogens with one attached hydrogen (secondary N) is 1. The van der Waals surface area contributed by atoms with Crippen molar-refractivity contribution in [1.82, 2.24) is 5.32 Å². The maximum absolute atomic E-state index is 12.3. The minimum absolute atomic E-state index is 0.0954. The highest BCUT2D eigenvalue weighted by Crippen LogP contribution is 2.31. The van der Waals surface area contributed by atoms with Gasteiger partial charge in [0.05, 0.1) is 7.11 Å². The molecule has 3 aromatic rings. The fourth-order valence-electron chi connectivity index (χ4n) is 3.04. The Bertz CT molecular complexity index is 990. The second-order valence-electron chi connectivity index (χ2n) is 6.77. The summed E-state index contributed by atoms with van der Waals surface area (Å²) < 4.78 is 46.2. The number of hydrogen-bond donors (Lipinski definition) is 1. The molecule has 1 N–H and O–H groups in total. The van der Waals surface area contributed by atoms with Gasteiger partial charge in [-0.25, -0.2) is 0 Å². The molecule has 0 spiro atoms. The smallest absolute Gasteiger partial charge is 0.497 e. The topological polar surface area (TPSA) is 30.5 Å². The van der Waals surface area contributed by atoms with Crippen molar-refractivity contribution in [1.29, 1.82) is 0 Å². The van der Waals surface area contributed by atoms with Crippen molar-refractivity contribution in [2.45, 2.75) is 25.9 Å². The Morgan fingerprint density at radius 3 is 2.37 bits per heavy atom. The zero-order chi connectivity index (χ0) is 21.7. The molecule has 1 atom stereocenters. The third-order valence-electron chi connectivity index (χ3n) is 4.64. The Morgan fingerprint density at radius 1 is 0.967 bits per heavy atom. The number of methoxy groups -OCH3 is 1. The molecule has 0 bridgehead atoms. The Hall–Kier alpha value is -2.70. The van der Waals surface area contributed by atoms with Crippen molar-refractivity contribution in [2.75, 3.05) is 7.11 Å². The summed E-state index contributed by atoms with van der Waals surface area (Å²) in [6.07, 6.45) is -4.72. The van der Waals surface area contributed by atoms with Gasteiger partial charge in [-0.1, -0.05) is 41.9 Å². The normalized spacial score (nSPS) is 12.5. The molecule has 30 heavy (non-hydrogen) atoms. The summed E-state index contributed by atoms with van der Waals surface area (Å²) in [6.45, 7) is 2.66. The molecule has 0 amide bonds. The quantitative estimate of drug-likeness (QED) is 0.444. The van der Waals surface area contributed by atoms with Crippen molar-refractivity contribution in [2.24, 2.45) is 0 Å². The monoisotopic (exact) mass is 435 g/mol. The summed E-state index contributed by atoms with van der Waals surface area (Å²) in [5.74, 6) is 0.528. The molecule has 1 unspecified atom stereocenters. The molecule has 3 nitrogen and oxygen atoms in total. The standard InChI is InChI=1S/C23H21ClF3NO2/c1-15(18-4-3-5-20(13-18)29-2)28-14-16-6-11-22(24)21(12-16)17-7-9-19(10-8-17)30-23(25,26)27/h3-13,15,28H,14H2,1-2H3. The highest BCUT2D eigenvalue weighted by atomic mass is 35.5. The summed E-state index contributed by atoms with van der Waals surface area (Å²) in [7, 11) is 1.63. The molecule has 0 saturated heterocycles. The van der Waals surface area contributed by atoms with Gasteiger partial charge in [0, 0.05) is 23.2 Å². The summed E-state index contributed by atoms with van der Waals surface area (Å²) in [5, 5.41) is 3.97. The van der Waals surface area contributed by atoms with E-state index in [4.69, 9.17) is 16.3 Å². The third-order valence-corrected chi connectivity index (χ3v) is 4.97. The number of alkyl halides is 3. The lowest BCUT2D eigenvalue weighted by Crippen LogP contribution is -2.18. The number of ether oxygens (including phenoxy) is 2. The van der Waals surface area contributed by atoms with E-state index in [1.54, 1.807) is 25.3 Å². The van der Waals surface area contributed by atoms with Gasteiger partial charge in [-0.2, -0.15) is 0 Å². The van der Waals surface area contributed by atoms with Gasteiger partial charge in [-0.05, 0) is 60.0 Å². The van der Waals surface area contributed by atoms with Crippen LogP contribution in [0.1, 0.15) is 24.1 Å². The van der Waals surface area contributed by atoms with Crippen molar-refractivity contribution >= 4 is 11.6 Å². The molecule has 0 aliphatic carbocycles. The van der Waals surface area contributed by atoms with Crippen LogP contribution in [0.2, 0.25) is 5.02 Å². The van der Waals surface area contributed by atoms with Crippen LogP contribution in [0, 0.1) is 0 Å². The Labute approximate surface area is 178 Å². The van der Waals surface area contributed by atoms with Crippen molar-refractivity contribution in [3.63, 3.8) is 0 Å². The lowest BCUT2D eigenvalue weighted by atomic mass is 10.0. The molecule has 0 radical (unpaired) electrons. The van der Waals surface area contributed by atoms with E-state index in [1.165, 1.54) is 12.1 Å². The van der Waals surface area contributed by atoms with Gasteiger partial charge in [0.25, 0.3) is 0 Å². The van der Waals surface area contributed by atoms with Crippen LogP contribution in [0.25, 0.3) is 11.1 Å². The zero-order valence-electron chi connectivity index (χ0n) is 16.5. The molecule has 3 aromatic carbocycles. The highest BCUT2D eigenvalue weighted by Gasteiger charge is 2.31. The van der Waals surface area contributed by atoms with E-state index >= 15 is 0 Å². The summed E-state index contributed by atoms with van der Waals surface area (Å²) in [4.78, 5) is 0. The van der Waals surface area contributed by atoms with E-state index in [1.807, 2.05) is 36.4 Å². The average Bonchev–Trinajstić information content (AvgIpc) is 2.72. The molecular weight excluding hydrogens is 415 g/mol. The Balaban J connectivity index is 1.72. The number of benzene rings is 3. The Kier molecular flexibility index (Phi) is 6.90. The van der Waals surface area contributed by atoms with E-state index in [9.17, 15) is 13.2 Å². The molecule has 0 fully saturated rings.